The van der Waals surface area contributed by atoms with Gasteiger partial charge >= 0.3 is 0 Å². The van der Waals surface area contributed by atoms with Crippen LogP contribution in [0.5, 0.6) is 0 Å². The minimum absolute atomic E-state index is 0.0387. The summed E-state index contributed by atoms with van der Waals surface area (Å²) < 4.78 is 26.8. The van der Waals surface area contributed by atoms with E-state index in [1.165, 1.54) is 11.8 Å². The highest BCUT2D eigenvalue weighted by molar-refractivity contribution is 8.00. The number of hydrogen-bond acceptors (Lipinski definition) is 3. The summed E-state index contributed by atoms with van der Waals surface area (Å²) in [6.07, 6.45) is -0.0387. The highest BCUT2D eigenvalue weighted by atomic mass is 35.5. The largest absolute Gasteiger partial charge is 0.274 e. The third kappa shape index (κ3) is 3.23. The predicted molar refractivity (Wildman–Crippen MR) is 84.6 cm³/mol. The van der Waals surface area contributed by atoms with Crippen LogP contribution in [0.3, 0.4) is 0 Å². The van der Waals surface area contributed by atoms with Gasteiger partial charge in [-0.3, -0.25) is 9.59 Å². The molecule has 0 spiro atoms. The van der Waals surface area contributed by atoms with Crippen LogP contribution in [0.4, 0.5) is 14.5 Å². The zero-order valence-electron chi connectivity index (χ0n) is 11.6. The van der Waals surface area contributed by atoms with E-state index in [0.29, 0.717) is 11.1 Å². The average molecular weight is 354 g/mol. The fourth-order valence-electron chi connectivity index (χ4n) is 2.29. The SMILES string of the molecule is O=C1C[C@@H](Sc2ccc(Cl)cc2)C(=O)N1c1ccc(F)cc1F. The number of thioether (sulfide) groups is 1. The van der Waals surface area contributed by atoms with Crippen LogP contribution in [0.25, 0.3) is 0 Å². The topological polar surface area (TPSA) is 37.4 Å². The maximum absolute atomic E-state index is 13.8. The first-order valence-corrected chi connectivity index (χ1v) is 7.95. The van der Waals surface area contributed by atoms with Gasteiger partial charge in [-0.25, -0.2) is 13.7 Å². The number of rotatable bonds is 3. The maximum Gasteiger partial charge on any atom is 0.247 e. The van der Waals surface area contributed by atoms with Gasteiger partial charge < -0.3 is 0 Å². The number of imide groups is 1. The summed E-state index contributed by atoms with van der Waals surface area (Å²) in [5.41, 5.74) is -0.222. The molecule has 1 atom stereocenters. The summed E-state index contributed by atoms with van der Waals surface area (Å²) in [5.74, 6) is -2.73. The number of halogens is 3. The molecule has 3 rings (SSSR count). The van der Waals surface area contributed by atoms with Gasteiger partial charge in [-0.1, -0.05) is 11.6 Å². The summed E-state index contributed by atoms with van der Waals surface area (Å²) in [7, 11) is 0. The van der Waals surface area contributed by atoms with Gasteiger partial charge in [0.2, 0.25) is 11.8 Å². The van der Waals surface area contributed by atoms with Crippen molar-refractivity contribution in [3.8, 4) is 0 Å². The molecular weight excluding hydrogens is 344 g/mol. The smallest absolute Gasteiger partial charge is 0.247 e. The molecular formula is C16H10ClF2NO2S. The van der Waals surface area contributed by atoms with Crippen LogP contribution in [0.1, 0.15) is 6.42 Å². The monoisotopic (exact) mass is 353 g/mol. The Balaban J connectivity index is 1.83. The van der Waals surface area contributed by atoms with Crippen molar-refractivity contribution in [2.75, 3.05) is 4.90 Å². The van der Waals surface area contributed by atoms with Crippen LogP contribution in [-0.2, 0) is 9.59 Å². The number of nitrogens with zero attached hydrogens (tertiary/aromatic N) is 1. The fourth-order valence-corrected chi connectivity index (χ4v) is 3.47. The minimum atomic E-state index is -0.941. The molecule has 3 nitrogen and oxygen atoms in total. The van der Waals surface area contributed by atoms with Gasteiger partial charge in [0.25, 0.3) is 0 Å². The van der Waals surface area contributed by atoms with Gasteiger partial charge in [-0.15, -0.1) is 11.8 Å². The molecule has 23 heavy (non-hydrogen) atoms. The van der Waals surface area contributed by atoms with Crippen LogP contribution in [0.2, 0.25) is 5.02 Å². The fraction of sp³-hybridized carbons (Fsp3) is 0.125. The van der Waals surface area contributed by atoms with Crippen LogP contribution >= 0.6 is 23.4 Å². The van der Waals surface area contributed by atoms with Crippen LogP contribution in [0, 0.1) is 11.6 Å². The van der Waals surface area contributed by atoms with E-state index >= 15 is 0 Å². The molecule has 2 amide bonds. The predicted octanol–water partition coefficient (Wildman–Crippen LogP) is 4.04. The molecule has 1 heterocycles. The summed E-state index contributed by atoms with van der Waals surface area (Å²) >= 11 is 7.01. The van der Waals surface area contributed by atoms with Gasteiger partial charge in [-0.05, 0) is 36.4 Å². The zero-order chi connectivity index (χ0) is 16.6. The maximum atomic E-state index is 13.8. The van der Waals surface area contributed by atoms with Crippen molar-refractivity contribution in [3.05, 3.63) is 59.1 Å². The highest BCUT2D eigenvalue weighted by Gasteiger charge is 2.41. The molecule has 0 N–H and O–H groups in total. The van der Waals surface area contributed by atoms with E-state index in [2.05, 4.69) is 0 Å². The average Bonchev–Trinajstić information content (AvgIpc) is 2.77. The van der Waals surface area contributed by atoms with Gasteiger partial charge in [0, 0.05) is 22.4 Å². The van der Waals surface area contributed by atoms with E-state index in [-0.39, 0.29) is 12.1 Å². The lowest BCUT2D eigenvalue weighted by Crippen LogP contribution is -2.31. The Morgan fingerprint density at radius 2 is 1.78 bits per heavy atom. The van der Waals surface area contributed by atoms with Crippen molar-refractivity contribution >= 4 is 40.9 Å². The molecule has 0 radical (unpaired) electrons. The standard InChI is InChI=1S/C16H10ClF2NO2S/c17-9-1-4-11(5-2-9)23-14-8-15(21)20(16(14)22)13-6-3-10(18)7-12(13)19/h1-7,14H,8H2/t14-/m1/s1. The van der Waals surface area contributed by atoms with E-state index in [9.17, 15) is 18.4 Å². The Bertz CT molecular complexity index is 782. The lowest BCUT2D eigenvalue weighted by Gasteiger charge is -2.15. The van der Waals surface area contributed by atoms with E-state index < -0.39 is 28.7 Å². The van der Waals surface area contributed by atoms with Crippen LogP contribution in [-0.4, -0.2) is 17.1 Å². The number of anilines is 1. The summed E-state index contributed by atoms with van der Waals surface area (Å²) in [4.78, 5) is 26.1. The quantitative estimate of drug-likeness (QED) is 0.781. The molecule has 118 valence electrons. The number of hydrogen-bond donors (Lipinski definition) is 0. The zero-order valence-corrected chi connectivity index (χ0v) is 13.2. The van der Waals surface area contributed by atoms with Crippen molar-refractivity contribution in [3.63, 3.8) is 0 Å². The number of carbonyl (C=O) groups is 2. The third-order valence-corrected chi connectivity index (χ3v) is 4.80. The molecule has 0 saturated carbocycles. The van der Waals surface area contributed by atoms with Crippen molar-refractivity contribution in [2.24, 2.45) is 0 Å². The first-order chi connectivity index (χ1) is 11.0. The number of benzene rings is 2. The molecule has 2 aromatic carbocycles. The second-order valence-corrected chi connectivity index (χ2v) is 6.64. The molecule has 0 bridgehead atoms. The van der Waals surface area contributed by atoms with Crippen molar-refractivity contribution in [1.29, 1.82) is 0 Å². The molecule has 1 aliphatic rings. The van der Waals surface area contributed by atoms with Gasteiger partial charge in [0.1, 0.15) is 11.6 Å². The summed E-state index contributed by atoms with van der Waals surface area (Å²) in [6.45, 7) is 0. The van der Waals surface area contributed by atoms with E-state index in [1.54, 1.807) is 24.3 Å². The Morgan fingerprint density at radius 1 is 1.09 bits per heavy atom. The van der Waals surface area contributed by atoms with Gasteiger partial charge in [-0.2, -0.15) is 0 Å². The van der Waals surface area contributed by atoms with Crippen LogP contribution < -0.4 is 4.90 Å². The third-order valence-electron chi connectivity index (χ3n) is 3.35. The lowest BCUT2D eigenvalue weighted by molar-refractivity contribution is -0.121. The van der Waals surface area contributed by atoms with E-state index in [4.69, 9.17) is 11.6 Å². The Kier molecular flexibility index (Phi) is 4.37. The van der Waals surface area contributed by atoms with Crippen LogP contribution in [0.15, 0.2) is 47.4 Å². The lowest BCUT2D eigenvalue weighted by atomic mass is 10.2. The molecule has 0 aromatic heterocycles. The normalized spacial score (nSPS) is 17.9. The molecule has 1 fully saturated rings. The second kappa shape index (κ2) is 6.29. The molecule has 7 heteroatoms. The van der Waals surface area contributed by atoms with Crippen molar-refractivity contribution in [2.45, 2.75) is 16.6 Å². The Hall–Kier alpha value is -1.92. The van der Waals surface area contributed by atoms with Gasteiger partial charge in [0.15, 0.2) is 0 Å². The summed E-state index contributed by atoms with van der Waals surface area (Å²) in [6, 6.07) is 9.60. The van der Waals surface area contributed by atoms with Crippen molar-refractivity contribution in [1.82, 2.24) is 0 Å². The first-order valence-electron chi connectivity index (χ1n) is 6.70. The Labute approximate surface area is 140 Å². The van der Waals surface area contributed by atoms with E-state index in [1.807, 2.05) is 0 Å². The minimum Gasteiger partial charge on any atom is -0.274 e. The van der Waals surface area contributed by atoms with Crippen molar-refractivity contribution < 1.29 is 18.4 Å². The summed E-state index contributed by atoms with van der Waals surface area (Å²) in [5, 5.41) is -0.0775. The molecule has 0 unspecified atom stereocenters. The number of amides is 2. The molecule has 1 aliphatic heterocycles. The number of carbonyl (C=O) groups excluding carboxylic acids is 2. The molecule has 1 saturated heterocycles. The second-order valence-electron chi connectivity index (χ2n) is 4.93. The Morgan fingerprint density at radius 3 is 2.43 bits per heavy atom. The highest BCUT2D eigenvalue weighted by Crippen LogP contribution is 2.35. The first kappa shape index (κ1) is 16.0. The molecule has 2 aromatic rings. The molecule has 0 aliphatic carbocycles. The van der Waals surface area contributed by atoms with E-state index in [0.717, 1.165) is 21.9 Å². The van der Waals surface area contributed by atoms with Gasteiger partial charge in [0.05, 0.1) is 10.9 Å².